The summed E-state index contributed by atoms with van der Waals surface area (Å²) in [4.78, 5) is 34.8. The number of benzene rings is 2. The number of imidazole rings is 1. The second-order valence-corrected chi connectivity index (χ2v) is 7.67. The second-order valence-electron chi connectivity index (χ2n) is 7.67. The van der Waals surface area contributed by atoms with E-state index in [9.17, 15) is 9.59 Å². The fourth-order valence-electron chi connectivity index (χ4n) is 4.50. The molecule has 152 valence electrons. The Morgan fingerprint density at radius 3 is 2.73 bits per heavy atom. The molecule has 2 fully saturated rings. The van der Waals surface area contributed by atoms with Crippen LogP contribution in [0.5, 0.6) is 0 Å². The van der Waals surface area contributed by atoms with Crippen LogP contribution in [0.2, 0.25) is 0 Å². The molecule has 0 aliphatic carbocycles. The van der Waals surface area contributed by atoms with Gasteiger partial charge in [0.2, 0.25) is 5.91 Å². The molecule has 3 aromatic rings. The van der Waals surface area contributed by atoms with Crippen molar-refractivity contribution in [3.8, 4) is 11.4 Å². The van der Waals surface area contributed by atoms with Gasteiger partial charge in [-0.2, -0.15) is 0 Å². The van der Waals surface area contributed by atoms with E-state index in [1.165, 1.54) is 0 Å². The first-order chi connectivity index (χ1) is 14.7. The highest BCUT2D eigenvalue weighted by Crippen LogP contribution is 2.37. The Morgan fingerprint density at radius 1 is 1.13 bits per heavy atom. The van der Waals surface area contributed by atoms with E-state index in [2.05, 4.69) is 15.3 Å². The summed E-state index contributed by atoms with van der Waals surface area (Å²) in [7, 11) is 0. The van der Waals surface area contributed by atoms with Gasteiger partial charge in [0.25, 0.3) is 5.91 Å². The predicted molar refractivity (Wildman–Crippen MR) is 111 cm³/mol. The molecule has 0 unspecified atom stereocenters. The van der Waals surface area contributed by atoms with Crippen molar-refractivity contribution in [2.45, 2.75) is 18.1 Å². The zero-order chi connectivity index (χ0) is 20.6. The first-order valence-electron chi connectivity index (χ1n) is 10.0. The number of aromatic amines is 1. The van der Waals surface area contributed by atoms with E-state index in [0.29, 0.717) is 30.9 Å². The number of amides is 2. The lowest BCUT2D eigenvalue weighted by Crippen LogP contribution is -2.67. The van der Waals surface area contributed by atoms with Crippen LogP contribution in [0, 0.1) is 0 Å². The number of carbonyl (C=O) groups is 2. The normalized spacial score (nSPS) is 23.5. The standard InChI is InChI=1S/C23H22N4O3/c28-20-15-30-19-14-27(13-10-23(19,26-20)16-6-2-1-3-7-16)22(29)18-9-5-4-8-17(18)21-24-11-12-25-21/h1-9,11-12,19H,10,13-15H2,(H,24,25)(H,26,28)/t19-,23+/m1/s1. The Hall–Kier alpha value is -3.45. The number of hydrogen-bond donors (Lipinski definition) is 2. The van der Waals surface area contributed by atoms with Crippen molar-refractivity contribution >= 4 is 11.8 Å². The lowest BCUT2D eigenvalue weighted by atomic mass is 9.77. The van der Waals surface area contributed by atoms with Crippen molar-refractivity contribution in [3.05, 3.63) is 78.1 Å². The summed E-state index contributed by atoms with van der Waals surface area (Å²) >= 11 is 0. The highest BCUT2D eigenvalue weighted by Gasteiger charge is 2.50. The molecule has 2 aliphatic heterocycles. The molecule has 2 aromatic carbocycles. The van der Waals surface area contributed by atoms with E-state index in [-0.39, 0.29) is 24.5 Å². The minimum absolute atomic E-state index is 0.00423. The predicted octanol–water partition coefficient (Wildman–Crippen LogP) is 2.33. The summed E-state index contributed by atoms with van der Waals surface area (Å²) in [5.74, 6) is 0.470. The van der Waals surface area contributed by atoms with Crippen LogP contribution in [-0.2, 0) is 15.1 Å². The quantitative estimate of drug-likeness (QED) is 0.704. The number of nitrogens with zero attached hydrogens (tertiary/aromatic N) is 2. The number of morpholine rings is 1. The molecule has 5 rings (SSSR count). The molecule has 2 N–H and O–H groups in total. The SMILES string of the molecule is O=C1CO[C@@H]2CN(C(=O)c3ccccc3-c3ncc[nH]3)CC[C@@]2(c2ccccc2)N1. The molecule has 0 bridgehead atoms. The van der Waals surface area contributed by atoms with Crippen molar-refractivity contribution in [2.24, 2.45) is 0 Å². The van der Waals surface area contributed by atoms with Crippen LogP contribution < -0.4 is 5.32 Å². The van der Waals surface area contributed by atoms with Gasteiger partial charge in [-0.25, -0.2) is 4.98 Å². The lowest BCUT2D eigenvalue weighted by molar-refractivity contribution is -0.150. The zero-order valence-electron chi connectivity index (χ0n) is 16.4. The largest absolute Gasteiger partial charge is 0.364 e. The third-order valence-corrected chi connectivity index (χ3v) is 5.98. The monoisotopic (exact) mass is 402 g/mol. The van der Waals surface area contributed by atoms with Gasteiger partial charge in [-0.1, -0.05) is 48.5 Å². The van der Waals surface area contributed by atoms with E-state index in [0.717, 1.165) is 11.1 Å². The number of H-pyrrole nitrogens is 1. The number of ether oxygens (including phenoxy) is 1. The molecule has 3 heterocycles. The van der Waals surface area contributed by atoms with Gasteiger partial charge in [0.1, 0.15) is 18.5 Å². The van der Waals surface area contributed by atoms with Gasteiger partial charge in [0, 0.05) is 31.0 Å². The smallest absolute Gasteiger partial charge is 0.254 e. The van der Waals surface area contributed by atoms with Crippen LogP contribution in [-0.4, -0.2) is 52.5 Å². The van der Waals surface area contributed by atoms with Gasteiger partial charge < -0.3 is 19.9 Å². The van der Waals surface area contributed by atoms with Crippen LogP contribution >= 0.6 is 0 Å². The molecule has 30 heavy (non-hydrogen) atoms. The Bertz CT molecular complexity index is 1070. The van der Waals surface area contributed by atoms with E-state index in [1.807, 2.05) is 59.5 Å². The number of hydrogen-bond acceptors (Lipinski definition) is 4. The fourth-order valence-corrected chi connectivity index (χ4v) is 4.50. The van der Waals surface area contributed by atoms with Gasteiger partial charge in [-0.05, 0) is 18.1 Å². The Kier molecular flexibility index (Phi) is 4.59. The second kappa shape index (κ2) is 7.42. The first kappa shape index (κ1) is 18.6. The Balaban J connectivity index is 1.45. The zero-order valence-corrected chi connectivity index (χ0v) is 16.4. The van der Waals surface area contributed by atoms with Crippen molar-refractivity contribution in [1.82, 2.24) is 20.2 Å². The summed E-state index contributed by atoms with van der Waals surface area (Å²) in [6, 6.07) is 17.3. The van der Waals surface area contributed by atoms with Crippen molar-refractivity contribution in [1.29, 1.82) is 0 Å². The average molecular weight is 402 g/mol. The molecule has 2 atom stereocenters. The number of aromatic nitrogens is 2. The number of nitrogens with one attached hydrogen (secondary N) is 2. The van der Waals surface area contributed by atoms with Crippen LogP contribution in [0.4, 0.5) is 0 Å². The minimum atomic E-state index is -0.617. The minimum Gasteiger partial charge on any atom is -0.364 e. The van der Waals surface area contributed by atoms with Crippen LogP contribution in [0.3, 0.4) is 0 Å². The maximum Gasteiger partial charge on any atom is 0.254 e. The highest BCUT2D eigenvalue weighted by atomic mass is 16.5. The third kappa shape index (κ3) is 3.07. The Morgan fingerprint density at radius 2 is 1.93 bits per heavy atom. The van der Waals surface area contributed by atoms with Gasteiger partial charge in [-0.3, -0.25) is 9.59 Å². The molecule has 7 heteroatoms. The molecule has 0 radical (unpaired) electrons. The van der Waals surface area contributed by atoms with Crippen LogP contribution in [0.1, 0.15) is 22.3 Å². The number of likely N-dealkylation sites (tertiary alicyclic amines) is 1. The van der Waals surface area contributed by atoms with Gasteiger partial charge in [-0.15, -0.1) is 0 Å². The molecular weight excluding hydrogens is 380 g/mol. The molecule has 2 amide bonds. The van der Waals surface area contributed by atoms with Crippen molar-refractivity contribution in [2.75, 3.05) is 19.7 Å². The molecule has 2 saturated heterocycles. The first-order valence-corrected chi connectivity index (χ1v) is 10.0. The Labute approximate surface area is 174 Å². The molecule has 7 nitrogen and oxygen atoms in total. The van der Waals surface area contributed by atoms with E-state index in [1.54, 1.807) is 12.4 Å². The van der Waals surface area contributed by atoms with Gasteiger partial charge in [0.15, 0.2) is 0 Å². The highest BCUT2D eigenvalue weighted by molar-refractivity contribution is 6.00. The third-order valence-electron chi connectivity index (χ3n) is 5.98. The van der Waals surface area contributed by atoms with Crippen molar-refractivity contribution < 1.29 is 14.3 Å². The lowest BCUT2D eigenvalue weighted by Gasteiger charge is -2.50. The summed E-state index contributed by atoms with van der Waals surface area (Å²) in [5.41, 5.74) is 1.75. The summed E-state index contributed by atoms with van der Waals surface area (Å²) in [6.07, 6.45) is 3.68. The number of carbonyl (C=O) groups excluding carboxylic acids is 2. The molecule has 0 saturated carbocycles. The summed E-state index contributed by atoms with van der Waals surface area (Å²) < 4.78 is 5.95. The summed E-state index contributed by atoms with van der Waals surface area (Å²) in [5, 5.41) is 3.16. The number of piperidine rings is 1. The molecular formula is C23H22N4O3. The molecule has 0 spiro atoms. The topological polar surface area (TPSA) is 87.3 Å². The van der Waals surface area contributed by atoms with E-state index >= 15 is 0 Å². The van der Waals surface area contributed by atoms with Crippen LogP contribution in [0.15, 0.2) is 67.0 Å². The number of rotatable bonds is 3. The fraction of sp³-hybridized carbons (Fsp3) is 0.261. The maximum absolute atomic E-state index is 13.4. The average Bonchev–Trinajstić information content (AvgIpc) is 3.33. The van der Waals surface area contributed by atoms with E-state index < -0.39 is 5.54 Å². The molecule has 2 aliphatic rings. The molecule has 1 aromatic heterocycles. The van der Waals surface area contributed by atoms with Crippen molar-refractivity contribution in [3.63, 3.8) is 0 Å². The van der Waals surface area contributed by atoms with Gasteiger partial charge >= 0.3 is 0 Å². The van der Waals surface area contributed by atoms with E-state index in [4.69, 9.17) is 4.74 Å². The van der Waals surface area contributed by atoms with Crippen LogP contribution in [0.25, 0.3) is 11.4 Å². The maximum atomic E-state index is 13.4. The number of fused-ring (bicyclic) bond motifs is 1. The van der Waals surface area contributed by atoms with Gasteiger partial charge in [0.05, 0.1) is 11.1 Å². The summed E-state index contributed by atoms with van der Waals surface area (Å²) in [6.45, 7) is 0.922.